The molecule has 13 atom stereocenters. The van der Waals surface area contributed by atoms with Crippen molar-refractivity contribution in [2.45, 2.75) is 485 Å². The molecular weight excluding hydrogens is 1410 g/mol. The predicted molar refractivity (Wildman–Crippen MR) is 464 cm³/mol. The number of ether oxygens (including phenoxy) is 6. The van der Waals surface area contributed by atoms with E-state index in [-0.39, 0.29) is 102 Å². The van der Waals surface area contributed by atoms with E-state index in [4.69, 9.17) is 28.4 Å². The van der Waals surface area contributed by atoms with E-state index in [1.807, 2.05) is 96.9 Å². The first-order valence-electron chi connectivity index (χ1n) is 48.0. The number of rotatable bonds is 24. The molecule has 0 amide bonds. The van der Waals surface area contributed by atoms with Crippen LogP contribution in [-0.2, 0) is 57.2 Å². The normalized spacial score (nSPS) is 30.7. The van der Waals surface area contributed by atoms with Crippen LogP contribution in [0.4, 0.5) is 0 Å². The Morgan fingerprint density at radius 2 is 0.646 bits per heavy atom. The zero-order valence-corrected chi connectivity index (χ0v) is 79.1. The van der Waals surface area contributed by atoms with E-state index in [0.717, 1.165) is 156 Å². The standard InChI is InChI=1S/C21H34O2.C19H34O2.C16H28O2.C16H30O2.C15H28O2.C14H26O2/c1-6-20(4,5)19(22)23-21(12(2)3)11-15-10-16(21)18-14-8-7-13(9-14)17(15)18;1-6-18(4,5)17(20)21-19(14(2)3)12-11-15-9-7-8-10-16(15)13-19;1-6-15(4,5)14(17)18-16(11(2)3)10-12-7-8-13(16)9-12;1-5-15(3,4)14(17)18-16(6-2)12-10-8-7-9-11-13-16;1-6-14(4,5)13(16)17-15(12(2)3)10-8-7-9-11-15;1-6-13(4,5)12(15)16-14(11(2)3)9-7-8-10-14/h12-18H,6-11H2,1-5H3;14-16H,6-13H2,1-5H3;11-13H,6-10H2,1-5H3;5-13H2,1-4H3;12H,6-11H2,1-5H3;11H,6-10H2,1-5H3. The lowest BCUT2D eigenvalue weighted by atomic mass is 9.63. The van der Waals surface area contributed by atoms with Gasteiger partial charge in [-0.1, -0.05) is 169 Å². The van der Waals surface area contributed by atoms with Crippen molar-refractivity contribution in [2.24, 2.45) is 121 Å². The molecule has 0 aromatic carbocycles. The van der Waals surface area contributed by atoms with Crippen molar-refractivity contribution in [3.05, 3.63) is 0 Å². The first-order chi connectivity index (χ1) is 52.6. The molecule has 11 aliphatic rings. The SMILES string of the molecule is CCC(C)(C)C(=O)OC1(C(C)C)CC2CC1C1C3CCC(C3)C21.CCC(C)(C)C(=O)OC1(C(C)C)CC2CCC1C2.CCC(C)(C)C(=O)OC1(C(C)C)CCC2CCCCC2C1.CCC(C)(C)C(=O)OC1(C(C)C)CCCC1.CCC(C)(C)C(=O)OC1(C(C)C)CCCCC1.CCC1(OC(=O)C(C)(C)CC)CCCCCCC1. The highest BCUT2D eigenvalue weighted by molar-refractivity contribution is 5.79. The van der Waals surface area contributed by atoms with Gasteiger partial charge in [0, 0.05) is 5.92 Å². The summed E-state index contributed by atoms with van der Waals surface area (Å²) in [5.41, 5.74) is -3.16. The highest BCUT2D eigenvalue weighted by Gasteiger charge is 2.69. The molecule has 6 bridgehead atoms. The van der Waals surface area contributed by atoms with E-state index in [1.165, 1.54) is 141 Å². The Labute approximate surface area is 695 Å². The Bertz CT molecular complexity index is 2990. The minimum Gasteiger partial charge on any atom is -0.459 e. The molecule has 113 heavy (non-hydrogen) atoms. The summed E-state index contributed by atoms with van der Waals surface area (Å²) in [5, 5.41) is 0. The second-order valence-corrected chi connectivity index (χ2v) is 44.6. The zero-order chi connectivity index (χ0) is 84.9. The molecule has 11 aliphatic carbocycles. The van der Waals surface area contributed by atoms with E-state index in [1.54, 1.807) is 0 Å². The average molecular weight is 1590 g/mol. The summed E-state index contributed by atoms with van der Waals surface area (Å²) in [6, 6.07) is 0. The molecule has 0 heterocycles. The molecule has 12 nitrogen and oxygen atoms in total. The maximum atomic E-state index is 12.9. The summed E-state index contributed by atoms with van der Waals surface area (Å²) in [6.45, 7) is 60.6. The van der Waals surface area contributed by atoms with Crippen LogP contribution in [0.15, 0.2) is 0 Å². The Morgan fingerprint density at radius 3 is 1.03 bits per heavy atom. The highest BCUT2D eigenvalue weighted by Crippen LogP contribution is 2.72. The van der Waals surface area contributed by atoms with Crippen molar-refractivity contribution < 1.29 is 57.2 Å². The van der Waals surface area contributed by atoms with Gasteiger partial charge >= 0.3 is 35.8 Å². The largest absolute Gasteiger partial charge is 0.459 e. The highest BCUT2D eigenvalue weighted by atomic mass is 16.6. The van der Waals surface area contributed by atoms with Gasteiger partial charge in [-0.3, -0.25) is 28.8 Å². The molecular formula is C101H180O12. The van der Waals surface area contributed by atoms with Crippen LogP contribution in [0.5, 0.6) is 0 Å². The maximum absolute atomic E-state index is 12.9. The lowest BCUT2D eigenvalue weighted by Gasteiger charge is -2.49. The third-order valence-corrected chi connectivity index (χ3v) is 33.8. The minimum absolute atomic E-state index is 0.00579. The first-order valence-corrected chi connectivity index (χ1v) is 48.0. The van der Waals surface area contributed by atoms with Gasteiger partial charge < -0.3 is 28.4 Å². The van der Waals surface area contributed by atoms with Crippen LogP contribution in [0.3, 0.4) is 0 Å². The zero-order valence-electron chi connectivity index (χ0n) is 79.1. The van der Waals surface area contributed by atoms with Crippen molar-refractivity contribution in [3.8, 4) is 0 Å². The second-order valence-electron chi connectivity index (χ2n) is 44.6. The molecule has 11 fully saturated rings. The predicted octanol–water partition coefficient (Wildman–Crippen LogP) is 27.7. The number of hydrogen-bond acceptors (Lipinski definition) is 12. The van der Waals surface area contributed by atoms with Crippen molar-refractivity contribution in [1.29, 1.82) is 0 Å². The molecule has 0 aliphatic heterocycles. The monoisotopic (exact) mass is 1590 g/mol. The molecule has 0 spiro atoms. The third-order valence-electron chi connectivity index (χ3n) is 33.8. The van der Waals surface area contributed by atoms with Crippen molar-refractivity contribution >= 4 is 35.8 Å². The van der Waals surface area contributed by atoms with Crippen LogP contribution in [0.1, 0.15) is 451 Å². The van der Waals surface area contributed by atoms with Crippen LogP contribution in [0, 0.1) is 121 Å². The Balaban J connectivity index is 0.000000212. The van der Waals surface area contributed by atoms with Gasteiger partial charge in [0.25, 0.3) is 0 Å². The lowest BCUT2D eigenvalue weighted by Crippen LogP contribution is -2.52. The molecule has 0 aromatic rings. The van der Waals surface area contributed by atoms with Crippen molar-refractivity contribution in [3.63, 3.8) is 0 Å². The number of esters is 6. The molecule has 0 saturated heterocycles. The minimum atomic E-state index is -0.356. The second kappa shape index (κ2) is 40.5. The first kappa shape index (κ1) is 98.6. The van der Waals surface area contributed by atoms with Gasteiger partial charge in [0.1, 0.15) is 33.6 Å². The number of carbonyl (C=O) groups is 6. The van der Waals surface area contributed by atoms with Gasteiger partial charge in [-0.15, -0.1) is 0 Å². The van der Waals surface area contributed by atoms with Crippen LogP contribution >= 0.6 is 0 Å². The molecule has 0 aromatic heterocycles. The summed E-state index contributed by atoms with van der Waals surface area (Å²) < 4.78 is 36.6. The molecule has 11 rings (SSSR count). The smallest absolute Gasteiger partial charge is 0.312 e. The molecule has 0 N–H and O–H groups in total. The van der Waals surface area contributed by atoms with Gasteiger partial charge in [-0.25, -0.2) is 0 Å². The van der Waals surface area contributed by atoms with Crippen LogP contribution in [0.2, 0.25) is 0 Å². The van der Waals surface area contributed by atoms with E-state index < -0.39 is 0 Å². The van der Waals surface area contributed by atoms with E-state index in [0.29, 0.717) is 41.4 Å². The third kappa shape index (κ3) is 23.3. The topological polar surface area (TPSA) is 158 Å². The van der Waals surface area contributed by atoms with E-state index in [9.17, 15) is 28.8 Å². The van der Waals surface area contributed by atoms with Crippen molar-refractivity contribution in [1.82, 2.24) is 0 Å². The van der Waals surface area contributed by atoms with Gasteiger partial charge in [0.2, 0.25) is 0 Å². The van der Waals surface area contributed by atoms with Gasteiger partial charge in [0.15, 0.2) is 0 Å². The van der Waals surface area contributed by atoms with Gasteiger partial charge in [-0.2, -0.15) is 0 Å². The molecule has 11 saturated carbocycles. The number of carbonyl (C=O) groups excluding carboxylic acids is 6. The Kier molecular flexibility index (Phi) is 35.3. The molecule has 12 heteroatoms. The summed E-state index contributed by atoms with van der Waals surface area (Å²) in [6.07, 6.45) is 45.4. The van der Waals surface area contributed by atoms with Crippen LogP contribution in [-0.4, -0.2) is 69.4 Å². The summed E-state index contributed by atoms with van der Waals surface area (Å²) >= 11 is 0. The van der Waals surface area contributed by atoms with Gasteiger partial charge in [0.05, 0.1) is 32.5 Å². The summed E-state index contributed by atoms with van der Waals surface area (Å²) in [7, 11) is 0. The Hall–Kier alpha value is -3.18. The molecule has 0 radical (unpaired) electrons. The summed E-state index contributed by atoms with van der Waals surface area (Å²) in [5.74, 6) is 10.5. The van der Waals surface area contributed by atoms with Gasteiger partial charge in [-0.05, 0) is 365 Å². The average Bonchev–Trinajstić information content (AvgIpc) is 1.53. The lowest BCUT2D eigenvalue weighted by molar-refractivity contribution is -0.191. The van der Waals surface area contributed by atoms with Crippen molar-refractivity contribution in [2.75, 3.05) is 0 Å². The Morgan fingerprint density at radius 1 is 0.292 bits per heavy atom. The van der Waals surface area contributed by atoms with Crippen LogP contribution < -0.4 is 0 Å². The maximum Gasteiger partial charge on any atom is 0.312 e. The molecule has 656 valence electrons. The van der Waals surface area contributed by atoms with Crippen LogP contribution in [0.25, 0.3) is 0 Å². The fraction of sp³-hybridized carbons (Fsp3) is 0.941. The number of fused-ring (bicyclic) bond motifs is 12. The quantitative estimate of drug-likeness (QED) is 0.0512. The van der Waals surface area contributed by atoms with E-state index in [2.05, 4.69) is 104 Å². The van der Waals surface area contributed by atoms with E-state index >= 15 is 0 Å². The fourth-order valence-electron chi connectivity index (χ4n) is 22.0. The number of hydrogen-bond donors (Lipinski definition) is 0. The molecule has 13 unspecified atom stereocenters. The summed E-state index contributed by atoms with van der Waals surface area (Å²) in [4.78, 5) is 74.6. The fourth-order valence-corrected chi connectivity index (χ4v) is 22.0.